The molecule has 0 amide bonds. The molecule has 0 saturated heterocycles. The first-order valence-corrected chi connectivity index (χ1v) is 7.08. The average molecular weight is 265 g/mol. The molecular formula is C15H27N3O. The summed E-state index contributed by atoms with van der Waals surface area (Å²) in [5, 5.41) is 7.75. The number of nitrogens with zero attached hydrogens (tertiary/aromatic N) is 2. The third-order valence-corrected chi connectivity index (χ3v) is 2.92. The molecule has 0 aliphatic carbocycles. The van der Waals surface area contributed by atoms with Crippen molar-refractivity contribution < 1.29 is 0 Å². The van der Waals surface area contributed by atoms with Gasteiger partial charge in [0, 0.05) is 24.1 Å². The predicted molar refractivity (Wildman–Crippen MR) is 79.4 cm³/mol. The molecule has 0 aromatic carbocycles. The Morgan fingerprint density at radius 3 is 2.47 bits per heavy atom. The molecule has 0 unspecified atom stereocenters. The SMILES string of the molecule is CCNCc1cc(C(C)(C)C)nn(CC(C)C)c1=O. The smallest absolute Gasteiger partial charge is 0.271 e. The Hall–Kier alpha value is -1.16. The molecule has 0 aliphatic rings. The van der Waals surface area contributed by atoms with Gasteiger partial charge in [0.2, 0.25) is 0 Å². The van der Waals surface area contributed by atoms with E-state index in [0.717, 1.165) is 17.8 Å². The maximum atomic E-state index is 12.3. The van der Waals surface area contributed by atoms with Gasteiger partial charge in [-0.1, -0.05) is 41.5 Å². The van der Waals surface area contributed by atoms with E-state index in [9.17, 15) is 4.79 Å². The maximum Gasteiger partial charge on any atom is 0.271 e. The minimum atomic E-state index is -0.0482. The average Bonchev–Trinajstić information content (AvgIpc) is 2.28. The van der Waals surface area contributed by atoms with E-state index < -0.39 is 0 Å². The zero-order chi connectivity index (χ0) is 14.6. The third kappa shape index (κ3) is 4.46. The van der Waals surface area contributed by atoms with Crippen LogP contribution in [0.25, 0.3) is 0 Å². The summed E-state index contributed by atoms with van der Waals surface area (Å²) in [6.07, 6.45) is 0. The van der Waals surface area contributed by atoms with E-state index in [0.29, 0.717) is 19.0 Å². The molecule has 0 radical (unpaired) electrons. The molecule has 0 fully saturated rings. The zero-order valence-corrected chi connectivity index (χ0v) is 13.1. The molecule has 108 valence electrons. The van der Waals surface area contributed by atoms with Crippen LogP contribution in [0, 0.1) is 5.92 Å². The van der Waals surface area contributed by atoms with Gasteiger partial charge in [-0.2, -0.15) is 5.10 Å². The Morgan fingerprint density at radius 1 is 1.37 bits per heavy atom. The normalized spacial score (nSPS) is 12.2. The van der Waals surface area contributed by atoms with Crippen molar-refractivity contribution in [2.45, 2.75) is 60.0 Å². The first kappa shape index (κ1) is 15.9. The van der Waals surface area contributed by atoms with Crippen LogP contribution in [0.1, 0.15) is 52.8 Å². The fourth-order valence-electron chi connectivity index (χ4n) is 1.82. The molecule has 0 aliphatic heterocycles. The van der Waals surface area contributed by atoms with Gasteiger partial charge in [-0.05, 0) is 18.5 Å². The van der Waals surface area contributed by atoms with Gasteiger partial charge < -0.3 is 5.32 Å². The number of hydrogen-bond acceptors (Lipinski definition) is 3. The molecular weight excluding hydrogens is 238 g/mol. The van der Waals surface area contributed by atoms with E-state index in [-0.39, 0.29) is 11.0 Å². The largest absolute Gasteiger partial charge is 0.313 e. The molecule has 1 N–H and O–H groups in total. The topological polar surface area (TPSA) is 46.9 Å². The summed E-state index contributed by atoms with van der Waals surface area (Å²) in [4.78, 5) is 12.3. The highest BCUT2D eigenvalue weighted by atomic mass is 16.1. The molecule has 0 bridgehead atoms. The highest BCUT2D eigenvalue weighted by molar-refractivity contribution is 5.19. The number of rotatable bonds is 5. The number of aromatic nitrogens is 2. The first-order valence-electron chi connectivity index (χ1n) is 7.08. The lowest BCUT2D eigenvalue weighted by Gasteiger charge is -2.20. The van der Waals surface area contributed by atoms with Gasteiger partial charge >= 0.3 is 0 Å². The number of hydrogen-bond donors (Lipinski definition) is 1. The van der Waals surface area contributed by atoms with Crippen LogP contribution >= 0.6 is 0 Å². The zero-order valence-electron chi connectivity index (χ0n) is 13.1. The Morgan fingerprint density at radius 2 is 2.00 bits per heavy atom. The van der Waals surface area contributed by atoms with E-state index >= 15 is 0 Å². The third-order valence-electron chi connectivity index (χ3n) is 2.92. The van der Waals surface area contributed by atoms with Gasteiger partial charge in [0.05, 0.1) is 5.69 Å². The Bertz CT molecular complexity index is 469. The van der Waals surface area contributed by atoms with E-state index in [1.54, 1.807) is 4.68 Å². The van der Waals surface area contributed by atoms with Crippen molar-refractivity contribution in [3.63, 3.8) is 0 Å². The summed E-state index contributed by atoms with van der Waals surface area (Å²) in [6, 6.07) is 1.95. The molecule has 19 heavy (non-hydrogen) atoms. The lowest BCUT2D eigenvalue weighted by Crippen LogP contribution is -2.33. The van der Waals surface area contributed by atoms with Crippen LogP contribution in [0.5, 0.6) is 0 Å². The lowest BCUT2D eigenvalue weighted by atomic mass is 9.91. The van der Waals surface area contributed by atoms with Crippen LogP contribution < -0.4 is 10.9 Å². The second kappa shape index (κ2) is 6.33. The van der Waals surface area contributed by atoms with Crippen molar-refractivity contribution in [3.8, 4) is 0 Å². The maximum absolute atomic E-state index is 12.3. The van der Waals surface area contributed by atoms with Gasteiger partial charge in [0.15, 0.2) is 0 Å². The molecule has 0 saturated carbocycles. The van der Waals surface area contributed by atoms with Gasteiger partial charge in [0.25, 0.3) is 5.56 Å². The molecule has 4 heteroatoms. The highest BCUT2D eigenvalue weighted by Crippen LogP contribution is 2.19. The van der Waals surface area contributed by atoms with Gasteiger partial charge in [-0.3, -0.25) is 4.79 Å². The quantitative estimate of drug-likeness (QED) is 0.888. The molecule has 4 nitrogen and oxygen atoms in total. The van der Waals surface area contributed by atoms with Crippen molar-refractivity contribution in [2.75, 3.05) is 6.54 Å². The summed E-state index contributed by atoms with van der Waals surface area (Å²) in [7, 11) is 0. The van der Waals surface area contributed by atoms with Crippen LogP contribution in [-0.2, 0) is 18.5 Å². The first-order chi connectivity index (χ1) is 8.75. The van der Waals surface area contributed by atoms with Crippen molar-refractivity contribution in [1.82, 2.24) is 15.1 Å². The molecule has 1 heterocycles. The fraction of sp³-hybridized carbons (Fsp3) is 0.733. The standard InChI is InChI=1S/C15H27N3O/c1-7-16-9-12-8-13(15(4,5)6)17-18(14(12)19)10-11(2)3/h8,11,16H,7,9-10H2,1-6H3. The molecule has 1 aromatic rings. The van der Waals surface area contributed by atoms with Crippen molar-refractivity contribution in [3.05, 3.63) is 27.7 Å². The second-order valence-corrected chi connectivity index (χ2v) is 6.47. The minimum Gasteiger partial charge on any atom is -0.313 e. The van der Waals surface area contributed by atoms with Crippen LogP contribution in [0.3, 0.4) is 0 Å². The fourth-order valence-corrected chi connectivity index (χ4v) is 1.82. The summed E-state index contributed by atoms with van der Waals surface area (Å²) < 4.78 is 1.62. The van der Waals surface area contributed by atoms with Crippen LogP contribution in [0.15, 0.2) is 10.9 Å². The number of nitrogens with one attached hydrogen (secondary N) is 1. The van der Waals surface area contributed by atoms with Crippen molar-refractivity contribution >= 4 is 0 Å². The van der Waals surface area contributed by atoms with Crippen LogP contribution in [0.4, 0.5) is 0 Å². The lowest BCUT2D eigenvalue weighted by molar-refractivity contribution is 0.434. The van der Waals surface area contributed by atoms with Crippen molar-refractivity contribution in [1.29, 1.82) is 0 Å². The minimum absolute atomic E-state index is 0.0302. The van der Waals surface area contributed by atoms with Crippen molar-refractivity contribution in [2.24, 2.45) is 5.92 Å². The van der Waals surface area contributed by atoms with E-state index in [1.165, 1.54) is 0 Å². The molecule has 1 aromatic heterocycles. The molecule has 0 atom stereocenters. The van der Waals surface area contributed by atoms with Gasteiger partial charge in [-0.25, -0.2) is 4.68 Å². The van der Waals surface area contributed by atoms with E-state index in [2.05, 4.69) is 45.0 Å². The van der Waals surface area contributed by atoms with E-state index in [1.807, 2.05) is 13.0 Å². The molecule has 1 rings (SSSR count). The van der Waals surface area contributed by atoms with Crippen LogP contribution in [-0.4, -0.2) is 16.3 Å². The summed E-state index contributed by atoms with van der Waals surface area (Å²) in [5.74, 6) is 0.410. The highest BCUT2D eigenvalue weighted by Gasteiger charge is 2.19. The second-order valence-electron chi connectivity index (χ2n) is 6.47. The van der Waals surface area contributed by atoms with Gasteiger partial charge in [0.1, 0.15) is 0 Å². The van der Waals surface area contributed by atoms with Crippen LogP contribution in [0.2, 0.25) is 0 Å². The predicted octanol–water partition coefficient (Wildman–Crippen LogP) is 2.31. The molecule has 0 spiro atoms. The summed E-state index contributed by atoms with van der Waals surface area (Å²) in [6.45, 7) is 14.7. The van der Waals surface area contributed by atoms with E-state index in [4.69, 9.17) is 0 Å². The Labute approximate surface area is 116 Å². The summed E-state index contributed by atoms with van der Waals surface area (Å²) >= 11 is 0. The Balaban J connectivity index is 3.26. The Kier molecular flexibility index (Phi) is 5.29. The van der Waals surface area contributed by atoms with Gasteiger partial charge in [-0.15, -0.1) is 0 Å². The summed E-state index contributed by atoms with van der Waals surface area (Å²) in [5.41, 5.74) is 1.76. The monoisotopic (exact) mass is 265 g/mol.